The predicted octanol–water partition coefficient (Wildman–Crippen LogP) is 1.29. The van der Waals surface area contributed by atoms with Gasteiger partial charge < -0.3 is 5.32 Å². The van der Waals surface area contributed by atoms with E-state index < -0.39 is 11.7 Å². The molecule has 27 heavy (non-hydrogen) atoms. The first-order valence-corrected chi connectivity index (χ1v) is 8.78. The minimum Gasteiger partial charge on any atom is -0.354 e. The molecule has 0 atom stereocenters. The van der Waals surface area contributed by atoms with E-state index in [9.17, 15) is 19.2 Å². The van der Waals surface area contributed by atoms with Gasteiger partial charge >= 0.3 is 0 Å². The van der Waals surface area contributed by atoms with E-state index in [4.69, 9.17) is 0 Å². The highest BCUT2D eigenvalue weighted by Gasteiger charge is 2.15. The number of benzene rings is 2. The van der Waals surface area contributed by atoms with Crippen molar-refractivity contribution in [3.05, 3.63) is 85.5 Å². The number of carbonyl (C=O) groups excluding carboxylic acids is 1. The van der Waals surface area contributed by atoms with Crippen molar-refractivity contribution >= 4 is 28.9 Å². The molecule has 0 bridgehead atoms. The first-order chi connectivity index (χ1) is 13.0. The van der Waals surface area contributed by atoms with Crippen LogP contribution in [0.25, 0.3) is 17.3 Å². The summed E-state index contributed by atoms with van der Waals surface area (Å²) in [6.07, 6.45) is 1.69. The van der Waals surface area contributed by atoms with Gasteiger partial charge in [0.15, 0.2) is 5.57 Å². The Kier molecular flexibility index (Phi) is 5.29. The first-order valence-electron chi connectivity index (χ1n) is 7.96. The van der Waals surface area contributed by atoms with Gasteiger partial charge in [0.25, 0.3) is 11.5 Å². The van der Waals surface area contributed by atoms with Crippen LogP contribution in [-0.4, -0.2) is 17.5 Å². The summed E-state index contributed by atoms with van der Waals surface area (Å²) < 4.78 is 15.1. The molecule has 0 saturated carbocycles. The van der Waals surface area contributed by atoms with Crippen molar-refractivity contribution in [3.8, 4) is 11.8 Å². The molecule has 1 heterocycles. The molecule has 0 aliphatic carbocycles. The second kappa shape index (κ2) is 7.81. The third kappa shape index (κ3) is 3.71. The summed E-state index contributed by atoms with van der Waals surface area (Å²) in [6.45, 7) is 0. The quantitative estimate of drug-likeness (QED) is 0.745. The summed E-state index contributed by atoms with van der Waals surface area (Å²) in [4.78, 5) is 25.1. The Balaban J connectivity index is 2.41. The van der Waals surface area contributed by atoms with Crippen LogP contribution in [0, 0.1) is 17.1 Å². The molecule has 0 radical (unpaired) electrons. The predicted molar refractivity (Wildman–Crippen MR) is 102 cm³/mol. The van der Waals surface area contributed by atoms with Gasteiger partial charge in [-0.2, -0.15) is 5.26 Å². The zero-order chi connectivity index (χ0) is 19.4. The van der Waals surface area contributed by atoms with Crippen molar-refractivity contribution in [3.63, 3.8) is 0 Å². The zero-order valence-corrected chi connectivity index (χ0v) is 15.1. The Bertz CT molecular complexity index is 1200. The number of nitriles is 1. The molecule has 1 amide bonds. The molecule has 3 rings (SSSR count). The number of hydrogen-bond donors (Lipinski definition) is 1. The van der Waals surface area contributed by atoms with Gasteiger partial charge in [0, 0.05) is 7.05 Å². The van der Waals surface area contributed by atoms with E-state index in [1.54, 1.807) is 6.08 Å². The molecular formula is C20H14FN3O2S. The lowest BCUT2D eigenvalue weighted by Crippen LogP contribution is -2.33. The summed E-state index contributed by atoms with van der Waals surface area (Å²) in [6, 6.07) is 16.4. The number of rotatable bonds is 3. The molecule has 0 saturated heterocycles. The van der Waals surface area contributed by atoms with Gasteiger partial charge in [0.05, 0.1) is 10.2 Å². The summed E-state index contributed by atoms with van der Waals surface area (Å²) in [7, 11) is 1.41. The van der Waals surface area contributed by atoms with E-state index in [1.165, 1.54) is 35.9 Å². The number of aromatic nitrogens is 1. The van der Waals surface area contributed by atoms with Crippen molar-refractivity contribution in [2.75, 3.05) is 7.05 Å². The van der Waals surface area contributed by atoms with Crippen LogP contribution >= 0.6 is 11.3 Å². The second-order valence-electron chi connectivity index (χ2n) is 5.51. The lowest BCUT2D eigenvalue weighted by Gasteiger charge is -2.03. The lowest BCUT2D eigenvalue weighted by atomic mass is 10.2. The van der Waals surface area contributed by atoms with Crippen LogP contribution in [0.1, 0.15) is 5.56 Å². The zero-order valence-electron chi connectivity index (χ0n) is 14.3. The van der Waals surface area contributed by atoms with E-state index in [1.807, 2.05) is 36.4 Å². The normalized spacial score (nSPS) is 12.4. The number of thiazole rings is 1. The molecule has 0 aliphatic heterocycles. The number of nitrogens with one attached hydrogen (secondary N) is 1. The maximum atomic E-state index is 13.3. The minimum atomic E-state index is -0.596. The van der Waals surface area contributed by atoms with Gasteiger partial charge in [-0.1, -0.05) is 30.3 Å². The number of carbonyl (C=O) groups is 1. The number of halogens is 1. The lowest BCUT2D eigenvalue weighted by molar-refractivity contribution is -0.115. The molecule has 134 valence electrons. The van der Waals surface area contributed by atoms with E-state index in [0.29, 0.717) is 10.2 Å². The summed E-state index contributed by atoms with van der Waals surface area (Å²) in [5.74, 6) is -1.05. The molecule has 0 spiro atoms. The SMILES string of the molecule is CNC(=O)/C(C#N)=c1\s/c(=C\c2ccccc2)c(=O)n1-c1ccc(F)cc1. The Morgan fingerprint density at radius 1 is 1.19 bits per heavy atom. The molecule has 2 aromatic carbocycles. The summed E-state index contributed by atoms with van der Waals surface area (Å²) >= 11 is 1.04. The average molecular weight is 379 g/mol. The number of nitrogens with zero attached hydrogens (tertiary/aromatic N) is 2. The van der Waals surface area contributed by atoms with Crippen LogP contribution in [-0.2, 0) is 4.79 Å². The molecule has 0 fully saturated rings. The van der Waals surface area contributed by atoms with Gasteiger partial charge in [-0.25, -0.2) is 4.39 Å². The Labute approximate surface area is 157 Å². The van der Waals surface area contributed by atoms with Gasteiger partial charge in [-0.15, -0.1) is 11.3 Å². The monoisotopic (exact) mass is 379 g/mol. The topological polar surface area (TPSA) is 74.9 Å². The van der Waals surface area contributed by atoms with Gasteiger partial charge in [-0.3, -0.25) is 14.2 Å². The fourth-order valence-electron chi connectivity index (χ4n) is 2.50. The Hall–Kier alpha value is -3.50. The van der Waals surface area contributed by atoms with Crippen molar-refractivity contribution in [1.82, 2.24) is 9.88 Å². The molecule has 0 unspecified atom stereocenters. The smallest absolute Gasteiger partial charge is 0.273 e. The molecular weight excluding hydrogens is 365 g/mol. The molecule has 3 aromatic rings. The largest absolute Gasteiger partial charge is 0.354 e. The van der Waals surface area contributed by atoms with Crippen molar-refractivity contribution in [2.45, 2.75) is 0 Å². The molecule has 5 nitrogen and oxygen atoms in total. The average Bonchev–Trinajstić information content (AvgIpc) is 3.00. The van der Waals surface area contributed by atoms with E-state index in [0.717, 1.165) is 16.9 Å². The van der Waals surface area contributed by atoms with Crippen LogP contribution in [0.2, 0.25) is 0 Å². The van der Waals surface area contributed by atoms with Crippen LogP contribution in [0.4, 0.5) is 4.39 Å². The van der Waals surface area contributed by atoms with E-state index >= 15 is 0 Å². The number of hydrogen-bond acceptors (Lipinski definition) is 4. The van der Waals surface area contributed by atoms with Crippen LogP contribution in [0.5, 0.6) is 0 Å². The Morgan fingerprint density at radius 3 is 2.44 bits per heavy atom. The van der Waals surface area contributed by atoms with Crippen LogP contribution < -0.4 is 20.1 Å². The maximum Gasteiger partial charge on any atom is 0.273 e. The fraction of sp³-hybridized carbons (Fsp3) is 0.0500. The highest BCUT2D eigenvalue weighted by molar-refractivity contribution is 7.07. The fourth-order valence-corrected chi connectivity index (χ4v) is 3.60. The second-order valence-corrected chi connectivity index (χ2v) is 6.54. The number of amides is 1. The maximum absolute atomic E-state index is 13.3. The van der Waals surface area contributed by atoms with Gasteiger partial charge in [0.1, 0.15) is 16.5 Å². The standard InChI is InChI=1S/C20H14FN3O2S/c1-23-18(25)16(12-22)20-24(15-9-7-14(21)8-10-15)19(26)17(27-20)11-13-5-3-2-4-6-13/h2-11H,1H3,(H,23,25)/b17-11-,20-16-. The third-order valence-electron chi connectivity index (χ3n) is 3.79. The van der Waals surface area contributed by atoms with E-state index in [2.05, 4.69) is 5.32 Å². The minimum absolute atomic E-state index is 0.184. The highest BCUT2D eigenvalue weighted by Crippen LogP contribution is 2.06. The van der Waals surface area contributed by atoms with Gasteiger partial charge in [0.2, 0.25) is 0 Å². The molecule has 1 N–H and O–H groups in total. The van der Waals surface area contributed by atoms with Crippen LogP contribution in [0.3, 0.4) is 0 Å². The highest BCUT2D eigenvalue weighted by atomic mass is 32.1. The molecule has 0 aliphatic rings. The first kappa shape index (κ1) is 18.3. The summed E-state index contributed by atoms with van der Waals surface area (Å²) in [5.41, 5.74) is 0.614. The van der Waals surface area contributed by atoms with Crippen molar-refractivity contribution in [1.29, 1.82) is 5.26 Å². The molecule has 1 aromatic heterocycles. The van der Waals surface area contributed by atoms with Crippen molar-refractivity contribution < 1.29 is 9.18 Å². The van der Waals surface area contributed by atoms with Gasteiger partial charge in [-0.05, 0) is 35.9 Å². The molecule has 7 heteroatoms. The van der Waals surface area contributed by atoms with E-state index in [-0.39, 0.29) is 15.8 Å². The van der Waals surface area contributed by atoms with Crippen LogP contribution in [0.15, 0.2) is 59.4 Å². The van der Waals surface area contributed by atoms with Crippen molar-refractivity contribution in [2.24, 2.45) is 0 Å². The Morgan fingerprint density at radius 2 is 1.85 bits per heavy atom. The third-order valence-corrected chi connectivity index (χ3v) is 4.88. The summed E-state index contributed by atoms with van der Waals surface area (Å²) in [5, 5.41) is 11.9.